The minimum Gasteiger partial charge on any atom is -0.0888 e. The normalized spacial score (nSPS) is 15.5. The van der Waals surface area contributed by atoms with Crippen LogP contribution in [0.1, 0.15) is 20.8 Å². The third kappa shape index (κ3) is 2.70. The van der Waals surface area contributed by atoms with E-state index in [9.17, 15) is 0 Å². The monoisotopic (exact) mass is 149 g/mol. The van der Waals surface area contributed by atoms with E-state index in [0.29, 0.717) is 4.83 Å². The second kappa shape index (κ2) is 2.62. The molecule has 0 nitrogen and oxygen atoms in total. The largest absolute Gasteiger partial charge is 0.0888 e. The molecule has 37 valence electrons. The Hall–Kier alpha value is 0.480. The molecule has 0 amide bonds. The van der Waals surface area contributed by atoms with Gasteiger partial charge >= 0.3 is 0 Å². The molecule has 0 aromatic carbocycles. The average Bonchev–Trinajstić information content (AvgIpc) is 1.36. The van der Waals surface area contributed by atoms with Crippen molar-refractivity contribution in [2.45, 2.75) is 25.6 Å². The Morgan fingerprint density at radius 2 is 1.67 bits per heavy atom. The van der Waals surface area contributed by atoms with Gasteiger partial charge in [-0.25, -0.2) is 0 Å². The Balaban J connectivity index is 2.99. The topological polar surface area (TPSA) is 0 Å². The average molecular weight is 150 g/mol. The molecule has 0 rings (SSSR count). The first-order chi connectivity index (χ1) is 2.64. The molecular weight excluding hydrogens is 140 g/mol. The lowest BCUT2D eigenvalue weighted by Gasteiger charge is -2.02. The van der Waals surface area contributed by atoms with E-state index in [2.05, 4.69) is 36.7 Å². The molecule has 0 saturated carbocycles. The highest BCUT2D eigenvalue weighted by Crippen LogP contribution is 2.10. The van der Waals surface area contributed by atoms with Gasteiger partial charge in [0.2, 0.25) is 0 Å². The first-order valence-electron chi connectivity index (χ1n) is 2.08. The molecule has 0 heterocycles. The van der Waals surface area contributed by atoms with Crippen LogP contribution in [0.4, 0.5) is 0 Å². The maximum absolute atomic E-state index is 3.40. The van der Waals surface area contributed by atoms with Gasteiger partial charge in [-0.3, -0.25) is 0 Å². The minimum atomic E-state index is 0.581. The maximum Gasteiger partial charge on any atom is 0.0174 e. The third-order valence-electron chi connectivity index (χ3n) is 0.796. The summed E-state index contributed by atoms with van der Waals surface area (Å²) in [6.07, 6.45) is 0. The quantitative estimate of drug-likeness (QED) is 0.503. The van der Waals surface area contributed by atoms with Crippen LogP contribution in [0.5, 0.6) is 0 Å². The number of alkyl halides is 1. The molecule has 0 aromatic heterocycles. The second-order valence-electron chi connectivity index (χ2n) is 1.69. The summed E-state index contributed by atoms with van der Waals surface area (Å²) < 4.78 is 0. The van der Waals surface area contributed by atoms with E-state index in [0.717, 1.165) is 0 Å². The van der Waals surface area contributed by atoms with Gasteiger partial charge in [-0.2, -0.15) is 0 Å². The first kappa shape index (κ1) is 6.48. The summed E-state index contributed by atoms with van der Waals surface area (Å²) in [4.78, 5) is 0.581. The van der Waals surface area contributed by atoms with Crippen LogP contribution in [-0.2, 0) is 0 Å². The second-order valence-corrected chi connectivity index (χ2v) is 3.07. The lowest BCUT2D eigenvalue weighted by atomic mass is 10.2. The van der Waals surface area contributed by atoms with Crippen molar-refractivity contribution in [3.8, 4) is 0 Å². The fraction of sp³-hybridized carbons (Fsp3) is 0.800. The van der Waals surface area contributed by atoms with Crippen molar-refractivity contribution >= 4 is 15.9 Å². The molecule has 0 aliphatic heterocycles. The molecule has 0 aromatic rings. The zero-order valence-electron chi connectivity index (χ0n) is 4.46. The number of hydrogen-bond donors (Lipinski definition) is 0. The van der Waals surface area contributed by atoms with Crippen LogP contribution < -0.4 is 0 Å². The first-order valence-corrected chi connectivity index (χ1v) is 3.00. The Morgan fingerprint density at radius 3 is 1.67 bits per heavy atom. The molecular formula is C5H10Br. The Kier molecular flexibility index (Phi) is 2.83. The standard InChI is InChI=1S/C5H10Br/c1-4(2)5(3)6/h5H,1-3H3. The van der Waals surface area contributed by atoms with E-state index in [1.165, 1.54) is 5.92 Å². The summed E-state index contributed by atoms with van der Waals surface area (Å²) in [6.45, 7) is 6.34. The van der Waals surface area contributed by atoms with Crippen molar-refractivity contribution in [2.24, 2.45) is 0 Å². The molecule has 0 fully saturated rings. The fourth-order valence-electron chi connectivity index (χ4n) is 0. The summed E-state index contributed by atoms with van der Waals surface area (Å²) in [5.41, 5.74) is 0. The molecule has 1 atom stereocenters. The predicted octanol–water partition coefficient (Wildman–Crippen LogP) is 2.38. The number of hydrogen-bond acceptors (Lipinski definition) is 0. The van der Waals surface area contributed by atoms with Gasteiger partial charge in [-0.05, 0) is 5.92 Å². The third-order valence-corrected chi connectivity index (χ3v) is 1.71. The van der Waals surface area contributed by atoms with Gasteiger partial charge in [-0.15, -0.1) is 0 Å². The van der Waals surface area contributed by atoms with E-state index in [4.69, 9.17) is 0 Å². The van der Waals surface area contributed by atoms with E-state index in [-0.39, 0.29) is 0 Å². The highest BCUT2D eigenvalue weighted by Gasteiger charge is 1.98. The van der Waals surface area contributed by atoms with Gasteiger partial charge in [0.05, 0.1) is 0 Å². The Bertz CT molecular complexity index is 24.9. The number of rotatable bonds is 1. The summed E-state index contributed by atoms with van der Waals surface area (Å²) in [7, 11) is 0. The van der Waals surface area contributed by atoms with Crippen LogP contribution in [0.15, 0.2) is 0 Å². The smallest absolute Gasteiger partial charge is 0.0174 e. The van der Waals surface area contributed by atoms with Crippen LogP contribution in [0.25, 0.3) is 0 Å². The SMILES string of the molecule is C[C](C)C(C)Br. The van der Waals surface area contributed by atoms with Crippen molar-refractivity contribution in [2.75, 3.05) is 0 Å². The summed E-state index contributed by atoms with van der Waals surface area (Å²) in [5.74, 6) is 1.43. The molecule has 1 radical (unpaired) electrons. The molecule has 0 bridgehead atoms. The molecule has 0 saturated heterocycles. The van der Waals surface area contributed by atoms with Crippen LogP contribution in [0.3, 0.4) is 0 Å². The fourth-order valence-corrected chi connectivity index (χ4v) is 0. The molecule has 0 aliphatic carbocycles. The van der Waals surface area contributed by atoms with E-state index < -0.39 is 0 Å². The van der Waals surface area contributed by atoms with Crippen molar-refractivity contribution in [3.63, 3.8) is 0 Å². The molecule has 0 N–H and O–H groups in total. The lowest BCUT2D eigenvalue weighted by Crippen LogP contribution is -1.96. The number of halogens is 1. The van der Waals surface area contributed by atoms with Gasteiger partial charge in [0, 0.05) is 4.83 Å². The van der Waals surface area contributed by atoms with Crippen LogP contribution in [0, 0.1) is 5.92 Å². The highest BCUT2D eigenvalue weighted by atomic mass is 79.9. The summed E-state index contributed by atoms with van der Waals surface area (Å²) in [5, 5.41) is 0. The van der Waals surface area contributed by atoms with E-state index in [1.54, 1.807) is 0 Å². The minimum absolute atomic E-state index is 0.581. The van der Waals surface area contributed by atoms with Gasteiger partial charge in [0.25, 0.3) is 0 Å². The maximum atomic E-state index is 3.40. The van der Waals surface area contributed by atoms with E-state index >= 15 is 0 Å². The van der Waals surface area contributed by atoms with E-state index in [1.807, 2.05) is 0 Å². The molecule has 0 spiro atoms. The van der Waals surface area contributed by atoms with Crippen molar-refractivity contribution in [1.82, 2.24) is 0 Å². The Morgan fingerprint density at radius 1 is 1.50 bits per heavy atom. The van der Waals surface area contributed by atoms with Crippen molar-refractivity contribution < 1.29 is 0 Å². The van der Waals surface area contributed by atoms with Gasteiger partial charge in [0.1, 0.15) is 0 Å². The van der Waals surface area contributed by atoms with Crippen molar-refractivity contribution in [1.29, 1.82) is 0 Å². The zero-order valence-corrected chi connectivity index (χ0v) is 6.04. The van der Waals surface area contributed by atoms with Crippen LogP contribution in [0.2, 0.25) is 0 Å². The lowest BCUT2D eigenvalue weighted by molar-refractivity contribution is 0.956. The van der Waals surface area contributed by atoms with Gasteiger partial charge < -0.3 is 0 Å². The van der Waals surface area contributed by atoms with Crippen LogP contribution >= 0.6 is 15.9 Å². The molecule has 0 aliphatic rings. The van der Waals surface area contributed by atoms with Gasteiger partial charge in [0.15, 0.2) is 0 Å². The Labute approximate surface area is 48.1 Å². The predicted molar refractivity (Wildman–Crippen MR) is 33.0 cm³/mol. The summed E-state index contributed by atoms with van der Waals surface area (Å²) >= 11 is 3.40. The van der Waals surface area contributed by atoms with Crippen LogP contribution in [-0.4, -0.2) is 4.83 Å². The molecule has 6 heavy (non-hydrogen) atoms. The highest BCUT2D eigenvalue weighted by molar-refractivity contribution is 9.09. The molecule has 1 unspecified atom stereocenters. The molecule has 1 heteroatoms. The summed E-state index contributed by atoms with van der Waals surface area (Å²) in [6, 6.07) is 0. The zero-order chi connectivity index (χ0) is 5.15. The van der Waals surface area contributed by atoms with Crippen molar-refractivity contribution in [3.05, 3.63) is 5.92 Å². The van der Waals surface area contributed by atoms with Gasteiger partial charge in [-0.1, -0.05) is 36.7 Å².